The molecule has 3 N–H and O–H groups in total. The summed E-state index contributed by atoms with van der Waals surface area (Å²) in [6.45, 7) is 0.398. The number of benzene rings is 1. The summed E-state index contributed by atoms with van der Waals surface area (Å²) >= 11 is 0. The number of carbonyl (C=O) groups is 3. The van der Waals surface area contributed by atoms with Crippen LogP contribution in [0, 0.1) is 5.92 Å². The molecular formula is C17H20N2O6. The second-order valence-electron chi connectivity index (χ2n) is 5.61. The largest absolute Gasteiger partial charge is 0.493 e. The molecule has 1 aromatic carbocycles. The van der Waals surface area contributed by atoms with Gasteiger partial charge in [0.2, 0.25) is 5.91 Å². The maximum Gasteiger partial charge on any atom is 0.308 e. The highest BCUT2D eigenvalue weighted by Gasteiger charge is 2.29. The SMILES string of the molecule is COc1cc(C=CC(=O)N2CCC(C(=O)O)C2)ccc1OCC(N)=O. The van der Waals surface area contributed by atoms with E-state index in [0.717, 1.165) is 0 Å². The first kappa shape index (κ1) is 18.3. The number of nitrogens with two attached hydrogens (primary N) is 1. The number of carbonyl (C=O) groups excluding carboxylic acids is 2. The van der Waals surface area contributed by atoms with Gasteiger partial charge in [-0.15, -0.1) is 0 Å². The van der Waals surface area contributed by atoms with Crippen molar-refractivity contribution in [2.45, 2.75) is 6.42 Å². The van der Waals surface area contributed by atoms with Crippen molar-refractivity contribution in [3.63, 3.8) is 0 Å². The second-order valence-corrected chi connectivity index (χ2v) is 5.61. The van der Waals surface area contributed by atoms with Gasteiger partial charge in [-0.25, -0.2) is 0 Å². The Kier molecular flexibility index (Phi) is 5.99. The fourth-order valence-electron chi connectivity index (χ4n) is 2.49. The molecule has 1 aliphatic heterocycles. The molecule has 2 amide bonds. The fraction of sp³-hybridized carbons (Fsp3) is 0.353. The molecule has 0 saturated carbocycles. The molecular weight excluding hydrogens is 328 g/mol. The second kappa shape index (κ2) is 8.18. The van der Waals surface area contributed by atoms with Crippen molar-refractivity contribution in [3.05, 3.63) is 29.8 Å². The molecule has 1 saturated heterocycles. The van der Waals surface area contributed by atoms with Crippen molar-refractivity contribution < 1.29 is 29.0 Å². The zero-order chi connectivity index (χ0) is 18.4. The number of amides is 2. The summed E-state index contributed by atoms with van der Waals surface area (Å²) in [6, 6.07) is 4.97. The molecule has 8 heteroatoms. The first-order valence-corrected chi connectivity index (χ1v) is 7.69. The Labute approximate surface area is 144 Å². The molecule has 0 bridgehead atoms. The van der Waals surface area contributed by atoms with Crippen LogP contribution in [-0.2, 0) is 14.4 Å². The zero-order valence-corrected chi connectivity index (χ0v) is 13.8. The van der Waals surface area contributed by atoms with Crippen molar-refractivity contribution in [2.75, 3.05) is 26.8 Å². The van der Waals surface area contributed by atoms with E-state index in [9.17, 15) is 14.4 Å². The summed E-state index contributed by atoms with van der Waals surface area (Å²) in [5.74, 6) is -1.44. The molecule has 25 heavy (non-hydrogen) atoms. The highest BCUT2D eigenvalue weighted by Crippen LogP contribution is 2.28. The van der Waals surface area contributed by atoms with Crippen molar-refractivity contribution in [1.29, 1.82) is 0 Å². The predicted molar refractivity (Wildman–Crippen MR) is 89.0 cm³/mol. The number of primary amides is 1. The third-order valence-corrected chi connectivity index (χ3v) is 3.83. The maximum absolute atomic E-state index is 12.1. The van der Waals surface area contributed by atoms with Gasteiger partial charge in [-0.2, -0.15) is 0 Å². The summed E-state index contributed by atoms with van der Waals surface area (Å²) in [5, 5.41) is 8.97. The van der Waals surface area contributed by atoms with Gasteiger partial charge in [0.1, 0.15) is 0 Å². The summed E-state index contributed by atoms with van der Waals surface area (Å²) < 4.78 is 10.4. The molecule has 1 aliphatic rings. The summed E-state index contributed by atoms with van der Waals surface area (Å²) in [5.41, 5.74) is 5.74. The topological polar surface area (TPSA) is 119 Å². The van der Waals surface area contributed by atoms with Crippen LogP contribution < -0.4 is 15.2 Å². The highest BCUT2D eigenvalue weighted by atomic mass is 16.5. The van der Waals surface area contributed by atoms with Gasteiger partial charge in [-0.1, -0.05) is 6.07 Å². The van der Waals surface area contributed by atoms with Crippen molar-refractivity contribution >= 4 is 23.9 Å². The molecule has 1 aromatic rings. The third kappa shape index (κ3) is 4.97. The fourth-order valence-corrected chi connectivity index (χ4v) is 2.49. The van der Waals surface area contributed by atoms with Crippen molar-refractivity contribution in [3.8, 4) is 11.5 Å². The van der Waals surface area contributed by atoms with Crippen LogP contribution in [-0.4, -0.2) is 54.6 Å². The number of hydrogen-bond acceptors (Lipinski definition) is 5. The van der Waals surface area contributed by atoms with Crippen LogP contribution in [0.5, 0.6) is 11.5 Å². The number of ether oxygens (including phenoxy) is 2. The number of aliphatic carboxylic acids is 1. The first-order chi connectivity index (χ1) is 11.9. The van der Waals surface area contributed by atoms with Gasteiger partial charge in [-0.3, -0.25) is 14.4 Å². The lowest BCUT2D eigenvalue weighted by atomic mass is 10.1. The number of methoxy groups -OCH3 is 1. The molecule has 134 valence electrons. The molecule has 1 unspecified atom stereocenters. The first-order valence-electron chi connectivity index (χ1n) is 7.69. The van der Waals surface area contributed by atoms with Gasteiger partial charge >= 0.3 is 5.97 Å². The Morgan fingerprint density at radius 2 is 2.12 bits per heavy atom. The summed E-state index contributed by atoms with van der Waals surface area (Å²) in [4.78, 5) is 35.3. The normalized spacial score (nSPS) is 16.8. The number of rotatable bonds is 7. The Morgan fingerprint density at radius 3 is 2.72 bits per heavy atom. The molecule has 0 aromatic heterocycles. The van der Waals surface area contributed by atoms with Crippen LogP contribution in [0.3, 0.4) is 0 Å². The summed E-state index contributed by atoms with van der Waals surface area (Å²) in [7, 11) is 1.46. The van der Waals surface area contributed by atoms with E-state index in [4.69, 9.17) is 20.3 Å². The van der Waals surface area contributed by atoms with E-state index < -0.39 is 17.8 Å². The van der Waals surface area contributed by atoms with Crippen LogP contribution in [0.4, 0.5) is 0 Å². The molecule has 1 atom stereocenters. The van der Waals surface area contributed by atoms with E-state index in [1.807, 2.05) is 0 Å². The van der Waals surface area contributed by atoms with Crippen molar-refractivity contribution in [1.82, 2.24) is 4.90 Å². The zero-order valence-electron chi connectivity index (χ0n) is 13.8. The molecule has 2 rings (SSSR count). The number of likely N-dealkylation sites (tertiary alicyclic amines) is 1. The lowest BCUT2D eigenvalue weighted by Gasteiger charge is -2.13. The maximum atomic E-state index is 12.1. The summed E-state index contributed by atoms with van der Waals surface area (Å²) in [6.07, 6.45) is 3.47. The Morgan fingerprint density at radius 1 is 1.36 bits per heavy atom. The van der Waals surface area contributed by atoms with E-state index in [0.29, 0.717) is 30.0 Å². The lowest BCUT2D eigenvalue weighted by molar-refractivity contribution is -0.141. The molecule has 1 heterocycles. The number of carboxylic acid groups (broad SMARTS) is 1. The van der Waals surface area contributed by atoms with E-state index in [-0.39, 0.29) is 19.1 Å². The molecule has 1 fully saturated rings. The van der Waals surface area contributed by atoms with Crippen LogP contribution >= 0.6 is 0 Å². The van der Waals surface area contributed by atoms with E-state index in [2.05, 4.69) is 0 Å². The van der Waals surface area contributed by atoms with Gasteiger partial charge in [0.25, 0.3) is 5.91 Å². The van der Waals surface area contributed by atoms with E-state index in [1.165, 1.54) is 18.1 Å². The Hall–Kier alpha value is -3.03. The monoisotopic (exact) mass is 348 g/mol. The van der Waals surface area contributed by atoms with Crippen LogP contribution in [0.15, 0.2) is 24.3 Å². The van der Waals surface area contributed by atoms with Crippen molar-refractivity contribution in [2.24, 2.45) is 11.7 Å². The van der Waals surface area contributed by atoms with Crippen LogP contribution in [0.1, 0.15) is 12.0 Å². The third-order valence-electron chi connectivity index (χ3n) is 3.83. The number of nitrogens with zero attached hydrogens (tertiary/aromatic N) is 1. The average molecular weight is 348 g/mol. The average Bonchev–Trinajstić information content (AvgIpc) is 3.08. The number of hydrogen-bond donors (Lipinski definition) is 2. The Bertz CT molecular complexity index is 700. The molecule has 0 spiro atoms. The lowest BCUT2D eigenvalue weighted by Crippen LogP contribution is -2.28. The van der Waals surface area contributed by atoms with Gasteiger partial charge in [0, 0.05) is 19.2 Å². The van der Waals surface area contributed by atoms with Gasteiger partial charge in [-0.05, 0) is 30.2 Å². The van der Waals surface area contributed by atoms with Gasteiger partial charge in [0.05, 0.1) is 13.0 Å². The number of carboxylic acids is 1. The minimum Gasteiger partial charge on any atom is -0.493 e. The van der Waals surface area contributed by atoms with Crippen LogP contribution in [0.2, 0.25) is 0 Å². The minimum absolute atomic E-state index is 0.224. The van der Waals surface area contributed by atoms with Gasteiger partial charge < -0.3 is 25.2 Å². The molecule has 0 aliphatic carbocycles. The smallest absolute Gasteiger partial charge is 0.308 e. The van der Waals surface area contributed by atoms with E-state index >= 15 is 0 Å². The highest BCUT2D eigenvalue weighted by molar-refractivity contribution is 5.92. The predicted octanol–water partition coefficient (Wildman–Crippen LogP) is 0.506. The van der Waals surface area contributed by atoms with E-state index in [1.54, 1.807) is 24.3 Å². The standard InChI is InChI=1S/C17H20N2O6/c1-24-14-8-11(2-4-13(14)25-10-15(18)20)3-5-16(21)19-7-6-12(9-19)17(22)23/h2-5,8,12H,6-7,9-10H2,1H3,(H2,18,20)(H,22,23). The molecule has 8 nitrogen and oxygen atoms in total. The van der Waals surface area contributed by atoms with Crippen LogP contribution in [0.25, 0.3) is 6.08 Å². The quantitative estimate of drug-likeness (QED) is 0.693. The van der Waals surface area contributed by atoms with Gasteiger partial charge in [0.15, 0.2) is 18.1 Å². The minimum atomic E-state index is -0.879. The molecule has 0 radical (unpaired) electrons. The Balaban J connectivity index is 2.02.